The third kappa shape index (κ3) is 4.49. The molecule has 2 rings (SSSR count). The van der Waals surface area contributed by atoms with Crippen molar-refractivity contribution in [3.05, 3.63) is 29.8 Å². The molecule has 0 saturated carbocycles. The highest BCUT2D eigenvalue weighted by Gasteiger charge is 2.14. The van der Waals surface area contributed by atoms with E-state index in [0.717, 1.165) is 50.6 Å². The molecular weight excluding hydrogens is 242 g/mol. The second-order valence-corrected chi connectivity index (χ2v) is 4.76. The Balaban J connectivity index is 1.84. The summed E-state index contributed by atoms with van der Waals surface area (Å²) in [5.74, 6) is 0.824. The third-order valence-corrected chi connectivity index (χ3v) is 3.38. The van der Waals surface area contributed by atoms with Crippen LogP contribution in [0.25, 0.3) is 0 Å². The van der Waals surface area contributed by atoms with Gasteiger partial charge in [-0.05, 0) is 31.0 Å². The van der Waals surface area contributed by atoms with Gasteiger partial charge in [0.05, 0.1) is 25.9 Å². The van der Waals surface area contributed by atoms with Crippen molar-refractivity contribution in [2.24, 2.45) is 0 Å². The molecule has 0 bridgehead atoms. The van der Waals surface area contributed by atoms with E-state index in [9.17, 15) is 5.11 Å². The van der Waals surface area contributed by atoms with Crippen LogP contribution in [0.4, 0.5) is 0 Å². The van der Waals surface area contributed by atoms with Gasteiger partial charge in [-0.2, -0.15) is 0 Å². The van der Waals surface area contributed by atoms with Crippen LogP contribution in [0.5, 0.6) is 5.75 Å². The summed E-state index contributed by atoms with van der Waals surface area (Å²) < 4.78 is 10.8. The van der Waals surface area contributed by atoms with Crippen LogP contribution >= 0.6 is 0 Å². The Bertz CT molecular complexity index is 377. The van der Waals surface area contributed by atoms with E-state index in [1.54, 1.807) is 0 Å². The SMILES string of the molecule is CCOc1cccc(C(O)CCN2CCOCC2)c1. The number of nitrogens with zero attached hydrogens (tertiary/aromatic N) is 1. The molecule has 1 aliphatic rings. The van der Waals surface area contributed by atoms with Crippen molar-refractivity contribution >= 4 is 0 Å². The Hall–Kier alpha value is -1.10. The zero-order chi connectivity index (χ0) is 13.5. The first-order valence-corrected chi connectivity index (χ1v) is 7.00. The van der Waals surface area contributed by atoms with Crippen molar-refractivity contribution in [3.63, 3.8) is 0 Å². The molecule has 0 radical (unpaired) electrons. The number of morpholine rings is 1. The van der Waals surface area contributed by atoms with Crippen LogP contribution in [0, 0.1) is 0 Å². The minimum absolute atomic E-state index is 0.428. The van der Waals surface area contributed by atoms with Gasteiger partial charge in [0, 0.05) is 19.6 Å². The molecule has 1 aliphatic heterocycles. The number of hydrogen-bond donors (Lipinski definition) is 1. The molecule has 1 saturated heterocycles. The first-order chi connectivity index (χ1) is 9.29. The van der Waals surface area contributed by atoms with Gasteiger partial charge in [-0.1, -0.05) is 12.1 Å². The molecule has 4 nitrogen and oxygen atoms in total. The zero-order valence-corrected chi connectivity index (χ0v) is 11.5. The van der Waals surface area contributed by atoms with Gasteiger partial charge in [0.2, 0.25) is 0 Å². The van der Waals surface area contributed by atoms with Crippen molar-refractivity contribution in [1.82, 2.24) is 4.90 Å². The van der Waals surface area contributed by atoms with Gasteiger partial charge in [0.1, 0.15) is 5.75 Å². The highest BCUT2D eigenvalue weighted by atomic mass is 16.5. The summed E-state index contributed by atoms with van der Waals surface area (Å²) >= 11 is 0. The third-order valence-electron chi connectivity index (χ3n) is 3.38. The van der Waals surface area contributed by atoms with Crippen molar-refractivity contribution < 1.29 is 14.6 Å². The van der Waals surface area contributed by atoms with Crippen molar-refractivity contribution in [2.75, 3.05) is 39.5 Å². The molecule has 1 fully saturated rings. The maximum Gasteiger partial charge on any atom is 0.119 e. The highest BCUT2D eigenvalue weighted by Crippen LogP contribution is 2.22. The molecule has 0 spiro atoms. The summed E-state index contributed by atoms with van der Waals surface area (Å²) in [6.07, 6.45) is 0.318. The summed E-state index contributed by atoms with van der Waals surface area (Å²) in [5.41, 5.74) is 0.930. The zero-order valence-electron chi connectivity index (χ0n) is 11.5. The van der Waals surface area contributed by atoms with E-state index in [1.165, 1.54) is 0 Å². The normalized spacial score (nSPS) is 18.2. The number of aliphatic hydroxyl groups excluding tert-OH is 1. The summed E-state index contributed by atoms with van der Waals surface area (Å²) in [6.45, 7) is 7.04. The molecular formula is C15H23NO3. The average molecular weight is 265 g/mol. The first-order valence-electron chi connectivity index (χ1n) is 7.00. The molecule has 1 aromatic carbocycles. The van der Waals surface area contributed by atoms with Crippen LogP contribution in [0.15, 0.2) is 24.3 Å². The second-order valence-electron chi connectivity index (χ2n) is 4.76. The van der Waals surface area contributed by atoms with E-state index < -0.39 is 6.10 Å². The maximum absolute atomic E-state index is 10.2. The molecule has 1 heterocycles. The lowest BCUT2D eigenvalue weighted by molar-refractivity contribution is 0.0300. The average Bonchev–Trinajstić information content (AvgIpc) is 2.46. The molecule has 1 aromatic rings. The lowest BCUT2D eigenvalue weighted by atomic mass is 10.1. The number of aliphatic hydroxyl groups is 1. The topological polar surface area (TPSA) is 41.9 Å². The second kappa shape index (κ2) is 7.48. The van der Waals surface area contributed by atoms with Gasteiger partial charge in [-0.15, -0.1) is 0 Å². The lowest BCUT2D eigenvalue weighted by Crippen LogP contribution is -2.37. The van der Waals surface area contributed by atoms with Crippen molar-refractivity contribution in [3.8, 4) is 5.75 Å². The summed E-state index contributed by atoms with van der Waals surface area (Å²) in [5, 5.41) is 10.2. The summed E-state index contributed by atoms with van der Waals surface area (Å²) in [6, 6.07) is 7.72. The number of ether oxygens (including phenoxy) is 2. The van der Waals surface area contributed by atoms with Gasteiger partial charge in [0.15, 0.2) is 0 Å². The van der Waals surface area contributed by atoms with Crippen molar-refractivity contribution in [2.45, 2.75) is 19.4 Å². The number of benzene rings is 1. The van der Waals surface area contributed by atoms with E-state index >= 15 is 0 Å². The minimum Gasteiger partial charge on any atom is -0.494 e. The Kier molecular flexibility index (Phi) is 5.63. The van der Waals surface area contributed by atoms with Crippen LogP contribution in [-0.4, -0.2) is 49.5 Å². The fraction of sp³-hybridized carbons (Fsp3) is 0.600. The van der Waals surface area contributed by atoms with Crippen LogP contribution < -0.4 is 4.74 Å². The molecule has 1 atom stereocenters. The molecule has 19 heavy (non-hydrogen) atoms. The smallest absolute Gasteiger partial charge is 0.119 e. The van der Waals surface area contributed by atoms with Crippen molar-refractivity contribution in [1.29, 1.82) is 0 Å². The molecule has 0 amide bonds. The van der Waals surface area contributed by atoms with Gasteiger partial charge in [-0.25, -0.2) is 0 Å². The van der Waals surface area contributed by atoms with E-state index in [2.05, 4.69) is 4.90 Å². The highest BCUT2D eigenvalue weighted by molar-refractivity contribution is 5.29. The fourth-order valence-electron chi connectivity index (χ4n) is 2.27. The maximum atomic E-state index is 10.2. The van der Waals surface area contributed by atoms with Gasteiger partial charge in [-0.3, -0.25) is 4.90 Å². The Morgan fingerprint density at radius 2 is 2.16 bits per heavy atom. The first kappa shape index (κ1) is 14.3. The molecule has 0 aliphatic carbocycles. The molecule has 4 heteroatoms. The van der Waals surface area contributed by atoms with E-state index in [1.807, 2.05) is 31.2 Å². The Morgan fingerprint density at radius 1 is 1.37 bits per heavy atom. The fourth-order valence-corrected chi connectivity index (χ4v) is 2.27. The quantitative estimate of drug-likeness (QED) is 0.852. The predicted octanol–water partition coefficient (Wildman–Crippen LogP) is 1.84. The van der Waals surface area contributed by atoms with E-state index in [4.69, 9.17) is 9.47 Å². The van der Waals surface area contributed by atoms with Crippen LogP contribution in [-0.2, 0) is 4.74 Å². The Labute approximate surface area is 114 Å². The van der Waals surface area contributed by atoms with Gasteiger partial charge < -0.3 is 14.6 Å². The number of hydrogen-bond acceptors (Lipinski definition) is 4. The summed E-state index contributed by atoms with van der Waals surface area (Å²) in [7, 11) is 0. The van der Waals surface area contributed by atoms with Crippen LogP contribution in [0.1, 0.15) is 25.0 Å². The molecule has 106 valence electrons. The Morgan fingerprint density at radius 3 is 2.89 bits per heavy atom. The van der Waals surface area contributed by atoms with Crippen LogP contribution in [0.3, 0.4) is 0 Å². The van der Waals surface area contributed by atoms with E-state index in [-0.39, 0.29) is 0 Å². The predicted molar refractivity (Wildman–Crippen MR) is 74.4 cm³/mol. The lowest BCUT2D eigenvalue weighted by Gasteiger charge is -2.27. The van der Waals surface area contributed by atoms with E-state index in [0.29, 0.717) is 6.61 Å². The molecule has 1 unspecified atom stereocenters. The van der Waals surface area contributed by atoms with Crippen LogP contribution in [0.2, 0.25) is 0 Å². The summed E-state index contributed by atoms with van der Waals surface area (Å²) in [4.78, 5) is 2.33. The minimum atomic E-state index is -0.428. The molecule has 0 aromatic heterocycles. The molecule has 1 N–H and O–H groups in total. The van der Waals surface area contributed by atoms with Gasteiger partial charge >= 0.3 is 0 Å². The monoisotopic (exact) mass is 265 g/mol. The number of rotatable bonds is 6. The standard InChI is InChI=1S/C15H23NO3/c1-2-19-14-5-3-4-13(12-14)15(17)6-7-16-8-10-18-11-9-16/h3-5,12,15,17H,2,6-11H2,1H3. The van der Waals surface area contributed by atoms with Gasteiger partial charge in [0.25, 0.3) is 0 Å². The largest absolute Gasteiger partial charge is 0.494 e.